The summed E-state index contributed by atoms with van der Waals surface area (Å²) in [6, 6.07) is 9.01. The first-order valence-electron chi connectivity index (χ1n) is 11.3. The lowest BCUT2D eigenvalue weighted by molar-refractivity contribution is -0.117. The minimum absolute atomic E-state index is 0.0748. The van der Waals surface area contributed by atoms with E-state index >= 15 is 0 Å². The Morgan fingerprint density at radius 2 is 1.83 bits per heavy atom. The first-order chi connectivity index (χ1) is 14.1. The van der Waals surface area contributed by atoms with Gasteiger partial charge in [0.25, 0.3) is 0 Å². The summed E-state index contributed by atoms with van der Waals surface area (Å²) in [5.41, 5.74) is 1.99. The molecule has 2 aliphatic heterocycles. The molecule has 2 atom stereocenters. The van der Waals surface area contributed by atoms with Crippen molar-refractivity contribution in [2.24, 2.45) is 0 Å². The smallest absolute Gasteiger partial charge is 0.315 e. The molecule has 3 fully saturated rings. The zero-order valence-corrected chi connectivity index (χ0v) is 17.5. The molecule has 1 aromatic carbocycles. The molecule has 3 aliphatic rings. The van der Waals surface area contributed by atoms with Crippen LogP contribution < -0.4 is 15.5 Å². The quantitative estimate of drug-likeness (QED) is 0.770. The number of hydrogen-bond acceptors (Lipinski definition) is 3. The second-order valence-electron chi connectivity index (χ2n) is 8.79. The number of carbonyl (C=O) groups excluding carboxylic acids is 2. The second kappa shape index (κ2) is 9.16. The summed E-state index contributed by atoms with van der Waals surface area (Å²) in [5, 5.41) is 6.11. The van der Waals surface area contributed by atoms with Gasteiger partial charge >= 0.3 is 6.03 Å². The van der Waals surface area contributed by atoms with E-state index in [9.17, 15) is 9.59 Å². The highest BCUT2D eigenvalue weighted by Crippen LogP contribution is 2.29. The van der Waals surface area contributed by atoms with Crippen LogP contribution in [-0.4, -0.2) is 48.6 Å². The summed E-state index contributed by atoms with van der Waals surface area (Å²) < 4.78 is 0. The van der Waals surface area contributed by atoms with Crippen molar-refractivity contribution in [1.82, 2.24) is 15.5 Å². The molecule has 0 aromatic heterocycles. The first-order valence-corrected chi connectivity index (χ1v) is 11.3. The Hall–Kier alpha value is -2.08. The maximum Gasteiger partial charge on any atom is 0.315 e. The zero-order valence-electron chi connectivity index (χ0n) is 17.5. The van der Waals surface area contributed by atoms with E-state index in [-0.39, 0.29) is 18.0 Å². The predicted molar refractivity (Wildman–Crippen MR) is 115 cm³/mol. The number of anilines is 1. The van der Waals surface area contributed by atoms with Crippen molar-refractivity contribution in [3.8, 4) is 0 Å². The highest BCUT2D eigenvalue weighted by Gasteiger charge is 2.34. The van der Waals surface area contributed by atoms with Crippen LogP contribution in [0.4, 0.5) is 10.5 Å². The number of urea groups is 1. The molecule has 2 heterocycles. The molecule has 1 saturated carbocycles. The fourth-order valence-corrected chi connectivity index (χ4v) is 4.98. The number of amides is 3. The Kier molecular flexibility index (Phi) is 6.38. The molecule has 0 bridgehead atoms. The summed E-state index contributed by atoms with van der Waals surface area (Å²) in [6.07, 6.45) is 9.47. The SMILES string of the molecule is CC(NC(=O)NCC1CCN1C1CCCCC1)c1ccc(N2CCCC2=O)cc1. The van der Waals surface area contributed by atoms with Crippen molar-refractivity contribution in [1.29, 1.82) is 0 Å². The lowest BCUT2D eigenvalue weighted by atomic mass is 9.89. The normalized spacial score (nSPS) is 24.2. The van der Waals surface area contributed by atoms with E-state index in [0.717, 1.165) is 36.8 Å². The van der Waals surface area contributed by atoms with Crippen LogP contribution in [0, 0.1) is 0 Å². The van der Waals surface area contributed by atoms with E-state index in [0.29, 0.717) is 12.5 Å². The number of likely N-dealkylation sites (tertiary alicyclic amines) is 1. The molecular formula is C23H34N4O2. The topological polar surface area (TPSA) is 64.7 Å². The fraction of sp³-hybridized carbons (Fsp3) is 0.652. The summed E-state index contributed by atoms with van der Waals surface area (Å²) in [5.74, 6) is 0.196. The van der Waals surface area contributed by atoms with Crippen molar-refractivity contribution in [3.63, 3.8) is 0 Å². The van der Waals surface area contributed by atoms with Gasteiger partial charge in [0.05, 0.1) is 6.04 Å². The minimum atomic E-state index is -0.105. The van der Waals surface area contributed by atoms with E-state index in [2.05, 4.69) is 15.5 Å². The average Bonchev–Trinajstić information content (AvgIpc) is 3.14. The Morgan fingerprint density at radius 3 is 2.45 bits per heavy atom. The van der Waals surface area contributed by atoms with Crippen LogP contribution in [0.5, 0.6) is 0 Å². The van der Waals surface area contributed by atoms with Gasteiger partial charge in [-0.2, -0.15) is 0 Å². The van der Waals surface area contributed by atoms with E-state index < -0.39 is 0 Å². The second-order valence-corrected chi connectivity index (χ2v) is 8.79. The summed E-state index contributed by atoms with van der Waals surface area (Å²) in [4.78, 5) is 28.7. The number of carbonyl (C=O) groups is 2. The molecule has 0 spiro atoms. The molecule has 158 valence electrons. The molecule has 6 nitrogen and oxygen atoms in total. The first kappa shape index (κ1) is 20.2. The average molecular weight is 399 g/mol. The van der Waals surface area contributed by atoms with Gasteiger partial charge in [-0.1, -0.05) is 31.4 Å². The van der Waals surface area contributed by atoms with E-state index in [1.54, 1.807) is 0 Å². The van der Waals surface area contributed by atoms with Crippen LogP contribution in [0.1, 0.15) is 69.9 Å². The van der Waals surface area contributed by atoms with Crippen molar-refractivity contribution in [3.05, 3.63) is 29.8 Å². The monoisotopic (exact) mass is 398 g/mol. The van der Waals surface area contributed by atoms with Crippen molar-refractivity contribution >= 4 is 17.6 Å². The third-order valence-electron chi connectivity index (χ3n) is 6.86. The molecule has 4 rings (SSSR count). The number of hydrogen-bond donors (Lipinski definition) is 2. The predicted octanol–water partition coefficient (Wildman–Crippen LogP) is 3.58. The summed E-state index contributed by atoms with van der Waals surface area (Å²) in [6.45, 7) is 4.70. The van der Waals surface area contributed by atoms with Crippen molar-refractivity contribution in [2.75, 3.05) is 24.5 Å². The molecule has 3 amide bonds. The van der Waals surface area contributed by atoms with E-state index in [1.807, 2.05) is 36.1 Å². The minimum Gasteiger partial charge on any atom is -0.337 e. The van der Waals surface area contributed by atoms with Crippen molar-refractivity contribution < 1.29 is 9.59 Å². The fourth-order valence-electron chi connectivity index (χ4n) is 4.98. The van der Waals surface area contributed by atoms with Crippen LogP contribution in [-0.2, 0) is 4.79 Å². The molecule has 1 aromatic rings. The third-order valence-corrected chi connectivity index (χ3v) is 6.86. The standard InChI is InChI=1S/C23H34N4O2/c1-17(18-9-11-20(12-10-18)27-14-5-8-22(27)28)25-23(29)24-16-21-13-15-26(21)19-6-3-2-4-7-19/h9-12,17,19,21H,2-8,13-16H2,1H3,(H2,24,25,29). The molecule has 0 radical (unpaired) electrons. The zero-order chi connectivity index (χ0) is 20.2. The van der Waals surface area contributed by atoms with Gasteiger partial charge in [0.15, 0.2) is 0 Å². The van der Waals surface area contributed by atoms with Crippen LogP contribution in [0.15, 0.2) is 24.3 Å². The third kappa shape index (κ3) is 4.74. The van der Waals surface area contributed by atoms with Crippen LogP contribution >= 0.6 is 0 Å². The number of nitrogens with zero attached hydrogens (tertiary/aromatic N) is 2. The maximum atomic E-state index is 12.4. The van der Waals surface area contributed by atoms with Crippen LogP contribution in [0.25, 0.3) is 0 Å². The van der Waals surface area contributed by atoms with Crippen LogP contribution in [0.2, 0.25) is 0 Å². The molecule has 6 heteroatoms. The molecular weight excluding hydrogens is 364 g/mol. The van der Waals surface area contributed by atoms with Crippen LogP contribution in [0.3, 0.4) is 0 Å². The molecule has 2 saturated heterocycles. The summed E-state index contributed by atoms with van der Waals surface area (Å²) >= 11 is 0. The Balaban J connectivity index is 1.22. The lowest BCUT2D eigenvalue weighted by Crippen LogP contribution is -2.58. The summed E-state index contributed by atoms with van der Waals surface area (Å²) in [7, 11) is 0. The number of benzene rings is 1. The van der Waals surface area contributed by atoms with Gasteiger partial charge in [0.1, 0.15) is 0 Å². The number of rotatable bonds is 6. The molecule has 29 heavy (non-hydrogen) atoms. The Bertz CT molecular complexity index is 714. The van der Waals surface area contributed by atoms with E-state index in [4.69, 9.17) is 0 Å². The maximum absolute atomic E-state index is 12.4. The Labute approximate surface area is 174 Å². The van der Waals surface area contributed by atoms with Gasteiger partial charge in [0.2, 0.25) is 5.91 Å². The lowest BCUT2D eigenvalue weighted by Gasteiger charge is -2.47. The van der Waals surface area contributed by atoms with E-state index in [1.165, 1.54) is 45.1 Å². The highest BCUT2D eigenvalue weighted by molar-refractivity contribution is 5.95. The van der Waals surface area contributed by atoms with Gasteiger partial charge in [-0.15, -0.1) is 0 Å². The molecule has 1 aliphatic carbocycles. The number of nitrogens with one attached hydrogen (secondary N) is 2. The van der Waals surface area contributed by atoms with Gasteiger partial charge in [-0.3, -0.25) is 9.69 Å². The highest BCUT2D eigenvalue weighted by atomic mass is 16.2. The largest absolute Gasteiger partial charge is 0.337 e. The Morgan fingerprint density at radius 1 is 1.07 bits per heavy atom. The molecule has 2 unspecified atom stereocenters. The van der Waals surface area contributed by atoms with Gasteiger partial charge in [-0.05, 0) is 50.3 Å². The van der Waals surface area contributed by atoms with Gasteiger partial charge in [0, 0.05) is 43.8 Å². The van der Waals surface area contributed by atoms with Gasteiger partial charge in [-0.25, -0.2) is 4.79 Å². The van der Waals surface area contributed by atoms with Crippen molar-refractivity contribution in [2.45, 2.75) is 76.4 Å². The van der Waals surface area contributed by atoms with Gasteiger partial charge < -0.3 is 15.5 Å². The molecule has 2 N–H and O–H groups in total.